The van der Waals surface area contributed by atoms with Crippen LogP contribution < -0.4 is 10.6 Å². The monoisotopic (exact) mass is 239 g/mol. The number of piperidine rings is 1. The van der Waals surface area contributed by atoms with Gasteiger partial charge in [-0.15, -0.1) is 11.3 Å². The molecule has 0 atom stereocenters. The predicted molar refractivity (Wildman–Crippen MR) is 68.7 cm³/mol. The van der Waals surface area contributed by atoms with Crippen LogP contribution in [0.4, 0.5) is 0 Å². The SMILES string of the molecule is CC(C)(NCC1CCNCC1)c1nccs1. The summed E-state index contributed by atoms with van der Waals surface area (Å²) in [5.41, 5.74) is 0.0129. The lowest BCUT2D eigenvalue weighted by Gasteiger charge is -2.29. The minimum absolute atomic E-state index is 0.0129. The van der Waals surface area contributed by atoms with E-state index in [-0.39, 0.29) is 5.54 Å². The van der Waals surface area contributed by atoms with E-state index in [0.29, 0.717) is 0 Å². The van der Waals surface area contributed by atoms with Crippen molar-refractivity contribution < 1.29 is 0 Å². The second kappa shape index (κ2) is 5.25. The van der Waals surface area contributed by atoms with Gasteiger partial charge in [-0.05, 0) is 52.2 Å². The minimum atomic E-state index is 0.0129. The van der Waals surface area contributed by atoms with Crippen molar-refractivity contribution in [1.29, 1.82) is 0 Å². The van der Waals surface area contributed by atoms with Crippen LogP contribution >= 0.6 is 11.3 Å². The first-order valence-corrected chi connectivity index (χ1v) is 6.92. The number of hydrogen-bond acceptors (Lipinski definition) is 4. The normalized spacial score (nSPS) is 18.9. The number of nitrogens with zero attached hydrogens (tertiary/aromatic N) is 1. The molecule has 0 radical (unpaired) electrons. The zero-order valence-corrected chi connectivity index (χ0v) is 10.9. The number of rotatable bonds is 4. The van der Waals surface area contributed by atoms with Crippen LogP contribution in [0.1, 0.15) is 31.7 Å². The molecule has 2 heterocycles. The van der Waals surface area contributed by atoms with Gasteiger partial charge >= 0.3 is 0 Å². The standard InChI is InChI=1S/C12H21N3S/c1-12(2,11-14-7-8-16-11)15-9-10-3-5-13-6-4-10/h7-8,10,13,15H,3-6,9H2,1-2H3. The zero-order chi connectivity index (χ0) is 11.4. The molecular formula is C12H21N3S. The molecule has 1 saturated heterocycles. The van der Waals surface area contributed by atoms with Gasteiger partial charge in [0.05, 0.1) is 5.54 Å². The van der Waals surface area contributed by atoms with E-state index in [0.717, 1.165) is 12.5 Å². The van der Waals surface area contributed by atoms with Crippen LogP contribution in [0.15, 0.2) is 11.6 Å². The molecular weight excluding hydrogens is 218 g/mol. The molecule has 0 aliphatic carbocycles. The van der Waals surface area contributed by atoms with Crippen molar-refractivity contribution in [2.24, 2.45) is 5.92 Å². The van der Waals surface area contributed by atoms with Crippen molar-refractivity contribution in [2.75, 3.05) is 19.6 Å². The van der Waals surface area contributed by atoms with E-state index in [1.165, 1.54) is 30.9 Å². The third-order valence-corrected chi connectivity index (χ3v) is 4.36. The van der Waals surface area contributed by atoms with Gasteiger partial charge in [0, 0.05) is 11.6 Å². The van der Waals surface area contributed by atoms with Crippen LogP contribution in [0.3, 0.4) is 0 Å². The average Bonchev–Trinajstić information content (AvgIpc) is 2.82. The Bertz CT molecular complexity index is 302. The fourth-order valence-electron chi connectivity index (χ4n) is 2.09. The Morgan fingerprint density at radius 3 is 2.88 bits per heavy atom. The first-order chi connectivity index (χ1) is 7.68. The molecule has 2 rings (SSSR count). The Morgan fingerprint density at radius 1 is 1.50 bits per heavy atom. The Labute approximate surface area is 102 Å². The summed E-state index contributed by atoms with van der Waals surface area (Å²) in [6, 6.07) is 0. The summed E-state index contributed by atoms with van der Waals surface area (Å²) in [4.78, 5) is 4.40. The van der Waals surface area contributed by atoms with Crippen molar-refractivity contribution in [3.63, 3.8) is 0 Å². The first-order valence-electron chi connectivity index (χ1n) is 6.04. The van der Waals surface area contributed by atoms with Gasteiger partial charge in [-0.25, -0.2) is 4.98 Å². The summed E-state index contributed by atoms with van der Waals surface area (Å²) in [5.74, 6) is 0.820. The highest BCUT2D eigenvalue weighted by molar-refractivity contribution is 7.09. The molecule has 3 nitrogen and oxygen atoms in total. The molecule has 0 aromatic carbocycles. The molecule has 1 aliphatic rings. The summed E-state index contributed by atoms with van der Waals surface area (Å²) in [5, 5.41) is 10.3. The van der Waals surface area contributed by atoms with Crippen molar-refractivity contribution >= 4 is 11.3 Å². The molecule has 16 heavy (non-hydrogen) atoms. The second-order valence-electron chi connectivity index (χ2n) is 5.04. The average molecular weight is 239 g/mol. The van der Waals surface area contributed by atoms with E-state index in [4.69, 9.17) is 0 Å². The third-order valence-electron chi connectivity index (χ3n) is 3.26. The highest BCUT2D eigenvalue weighted by atomic mass is 32.1. The van der Waals surface area contributed by atoms with Gasteiger partial charge in [0.25, 0.3) is 0 Å². The maximum Gasteiger partial charge on any atom is 0.112 e. The number of aromatic nitrogens is 1. The van der Waals surface area contributed by atoms with Gasteiger partial charge in [0.1, 0.15) is 5.01 Å². The van der Waals surface area contributed by atoms with Gasteiger partial charge in [0.15, 0.2) is 0 Å². The van der Waals surface area contributed by atoms with E-state index >= 15 is 0 Å². The lowest BCUT2D eigenvalue weighted by atomic mass is 9.96. The molecule has 0 unspecified atom stereocenters. The van der Waals surface area contributed by atoms with Crippen molar-refractivity contribution in [3.8, 4) is 0 Å². The van der Waals surface area contributed by atoms with E-state index in [9.17, 15) is 0 Å². The molecule has 4 heteroatoms. The lowest BCUT2D eigenvalue weighted by molar-refractivity contribution is 0.304. The van der Waals surface area contributed by atoms with E-state index in [1.807, 2.05) is 11.6 Å². The van der Waals surface area contributed by atoms with Crippen molar-refractivity contribution in [1.82, 2.24) is 15.6 Å². The van der Waals surface area contributed by atoms with Crippen LogP contribution in [0.2, 0.25) is 0 Å². The molecule has 0 saturated carbocycles. The van der Waals surface area contributed by atoms with E-state index in [2.05, 4.69) is 29.5 Å². The minimum Gasteiger partial charge on any atom is -0.317 e. The summed E-state index contributed by atoms with van der Waals surface area (Å²) in [7, 11) is 0. The zero-order valence-electron chi connectivity index (χ0n) is 10.1. The molecule has 1 aliphatic heterocycles. The van der Waals surface area contributed by atoms with Crippen molar-refractivity contribution in [2.45, 2.75) is 32.2 Å². The fourth-order valence-corrected chi connectivity index (χ4v) is 2.83. The van der Waals surface area contributed by atoms with Crippen LogP contribution in [-0.4, -0.2) is 24.6 Å². The topological polar surface area (TPSA) is 37.0 Å². The Morgan fingerprint density at radius 2 is 2.25 bits per heavy atom. The molecule has 2 N–H and O–H groups in total. The quantitative estimate of drug-likeness (QED) is 0.843. The molecule has 90 valence electrons. The van der Waals surface area contributed by atoms with Gasteiger partial charge in [-0.3, -0.25) is 0 Å². The van der Waals surface area contributed by atoms with Gasteiger partial charge in [0.2, 0.25) is 0 Å². The maximum atomic E-state index is 4.40. The van der Waals surface area contributed by atoms with Crippen LogP contribution in [0.25, 0.3) is 0 Å². The van der Waals surface area contributed by atoms with Crippen LogP contribution in [-0.2, 0) is 5.54 Å². The third kappa shape index (κ3) is 3.03. The Kier molecular flexibility index (Phi) is 3.95. The van der Waals surface area contributed by atoms with Crippen LogP contribution in [0.5, 0.6) is 0 Å². The van der Waals surface area contributed by atoms with Gasteiger partial charge in [-0.1, -0.05) is 0 Å². The number of nitrogens with one attached hydrogen (secondary N) is 2. The molecule has 0 spiro atoms. The van der Waals surface area contributed by atoms with Crippen molar-refractivity contribution in [3.05, 3.63) is 16.6 Å². The first kappa shape index (κ1) is 12.0. The van der Waals surface area contributed by atoms with E-state index < -0.39 is 0 Å². The summed E-state index contributed by atoms with van der Waals surface area (Å²) in [6.45, 7) is 7.88. The summed E-state index contributed by atoms with van der Waals surface area (Å²) in [6.07, 6.45) is 4.47. The Hall–Kier alpha value is -0.450. The largest absolute Gasteiger partial charge is 0.317 e. The molecule has 1 fully saturated rings. The lowest BCUT2D eigenvalue weighted by Crippen LogP contribution is -2.42. The maximum absolute atomic E-state index is 4.40. The highest BCUT2D eigenvalue weighted by Crippen LogP contribution is 2.23. The molecule has 1 aromatic rings. The fraction of sp³-hybridized carbons (Fsp3) is 0.750. The number of hydrogen-bond donors (Lipinski definition) is 2. The summed E-state index contributed by atoms with van der Waals surface area (Å²) >= 11 is 1.73. The van der Waals surface area contributed by atoms with Crippen LogP contribution in [0, 0.1) is 5.92 Å². The molecule has 0 amide bonds. The van der Waals surface area contributed by atoms with Gasteiger partial charge < -0.3 is 10.6 Å². The predicted octanol–water partition coefficient (Wildman–Crippen LogP) is 1.97. The molecule has 1 aromatic heterocycles. The summed E-state index contributed by atoms with van der Waals surface area (Å²) < 4.78 is 0. The molecule has 0 bridgehead atoms. The van der Waals surface area contributed by atoms with E-state index in [1.54, 1.807) is 11.3 Å². The second-order valence-corrected chi connectivity index (χ2v) is 5.93. The highest BCUT2D eigenvalue weighted by Gasteiger charge is 2.24. The van der Waals surface area contributed by atoms with Gasteiger partial charge in [-0.2, -0.15) is 0 Å². The Balaban J connectivity index is 1.84. The smallest absolute Gasteiger partial charge is 0.112 e. The number of thiazole rings is 1.